The number of hydrogen-bond donors (Lipinski definition) is 7. The van der Waals surface area contributed by atoms with Crippen molar-refractivity contribution in [2.45, 2.75) is 154 Å². The number of fused-ring (bicyclic) bond motifs is 2. The molecule has 0 fully saturated rings. The van der Waals surface area contributed by atoms with Crippen LogP contribution in [0.5, 0.6) is 0 Å². The zero-order valence-corrected chi connectivity index (χ0v) is 66.1. The lowest BCUT2D eigenvalue weighted by molar-refractivity contribution is -0.148. The van der Waals surface area contributed by atoms with Crippen LogP contribution in [0.1, 0.15) is 116 Å². The van der Waals surface area contributed by atoms with Gasteiger partial charge in [-0.3, -0.25) is 24.0 Å². The van der Waals surface area contributed by atoms with Crippen molar-refractivity contribution < 1.29 is 61.9 Å². The van der Waals surface area contributed by atoms with E-state index in [0.29, 0.717) is 156 Å². The number of Topliss-reactive ketones (excluding diaryl/α,β-unsaturated/α-hetero) is 2. The average molecular weight is 1520 g/mol. The Morgan fingerprint density at radius 2 is 0.963 bits per heavy atom. The molecular formula is C74H116N18O13Si2. The van der Waals surface area contributed by atoms with Gasteiger partial charge in [0.25, 0.3) is 5.91 Å². The largest absolute Gasteiger partial charge is 0.466 e. The lowest BCUT2D eigenvalue weighted by Crippen LogP contribution is -2.42. The Labute approximate surface area is 631 Å². The summed E-state index contributed by atoms with van der Waals surface area (Å²) in [7, 11) is 0.689. The third-order valence-corrected chi connectivity index (χ3v) is 20.8. The first-order valence-electron chi connectivity index (χ1n) is 37.2. The SMILES string of the molecule is CN(Cc1cnc2nc(N)nc(N)c2n1)c1ccc(C(=O)C[C@@H](CCC(=O)NCCCCCN(CCCCCCC(=O)CC[C@H](NC(=O)c2ccc(N(C)Cc3cnc4nc(N)nc(N)c4n3)cc2)C(=O)OCC[Si](C)(C)C)CCOCCOCCOCCOCCOCCN)C(=O)OCC[Si](C)(C)C)cc1. The third kappa shape index (κ3) is 34.1. The summed E-state index contributed by atoms with van der Waals surface area (Å²) in [6.07, 6.45) is 9.70. The van der Waals surface area contributed by atoms with Crippen molar-refractivity contribution in [2.75, 3.05) is 159 Å². The minimum atomic E-state index is -1.54. The molecule has 0 aliphatic heterocycles. The summed E-state index contributed by atoms with van der Waals surface area (Å²) in [5.74, 6) is -2.43. The molecule has 0 radical (unpaired) electrons. The Kier molecular flexibility index (Phi) is 38.1. The monoisotopic (exact) mass is 1520 g/mol. The second kappa shape index (κ2) is 46.6. The normalized spacial score (nSPS) is 12.3. The molecule has 0 saturated carbocycles. The van der Waals surface area contributed by atoms with Crippen molar-refractivity contribution in [2.24, 2.45) is 11.7 Å². The number of hydrogen-bond acceptors (Lipinski definition) is 29. The molecule has 0 unspecified atom stereocenters. The van der Waals surface area contributed by atoms with Gasteiger partial charge in [-0.05, 0) is 112 Å². The van der Waals surface area contributed by atoms with Crippen LogP contribution in [0.2, 0.25) is 51.4 Å². The van der Waals surface area contributed by atoms with Crippen LogP contribution in [0.4, 0.5) is 34.9 Å². The topological polar surface area (TPSA) is 434 Å². The van der Waals surface area contributed by atoms with E-state index < -0.39 is 46.0 Å². The molecule has 33 heteroatoms. The number of nitrogens with two attached hydrogens (primary N) is 5. The van der Waals surface area contributed by atoms with Crippen LogP contribution in [-0.2, 0) is 65.4 Å². The fourth-order valence-electron chi connectivity index (χ4n) is 11.1. The lowest BCUT2D eigenvalue weighted by atomic mass is 9.93. The molecule has 12 N–H and O–H groups in total. The molecule has 107 heavy (non-hydrogen) atoms. The molecule has 0 saturated heterocycles. The molecule has 0 spiro atoms. The molecule has 0 aliphatic carbocycles. The molecule has 2 amide bonds. The highest BCUT2D eigenvalue weighted by Gasteiger charge is 2.28. The van der Waals surface area contributed by atoms with Gasteiger partial charge in [0, 0.05) is 98.1 Å². The van der Waals surface area contributed by atoms with Crippen LogP contribution in [-0.4, -0.2) is 228 Å². The quantitative estimate of drug-likeness (QED) is 0.00857. The first kappa shape index (κ1) is 87.4. The van der Waals surface area contributed by atoms with Gasteiger partial charge in [-0.2, -0.15) is 19.9 Å². The van der Waals surface area contributed by atoms with Gasteiger partial charge in [-0.1, -0.05) is 58.5 Å². The van der Waals surface area contributed by atoms with E-state index in [0.717, 1.165) is 75.1 Å². The number of nitrogen functional groups attached to an aromatic ring is 4. The van der Waals surface area contributed by atoms with Crippen molar-refractivity contribution in [1.29, 1.82) is 0 Å². The van der Waals surface area contributed by atoms with Crippen molar-refractivity contribution in [3.05, 3.63) is 83.4 Å². The van der Waals surface area contributed by atoms with Crippen LogP contribution in [0.25, 0.3) is 22.3 Å². The molecule has 0 aliphatic rings. The van der Waals surface area contributed by atoms with Gasteiger partial charge in [0.2, 0.25) is 17.8 Å². The van der Waals surface area contributed by atoms with Crippen molar-refractivity contribution in [1.82, 2.24) is 55.4 Å². The number of unbranched alkanes of at least 4 members (excludes halogenated alkanes) is 5. The van der Waals surface area contributed by atoms with Crippen molar-refractivity contribution >= 4 is 109 Å². The lowest BCUT2D eigenvalue weighted by Gasteiger charge is -2.22. The molecule has 6 aromatic rings. The minimum Gasteiger partial charge on any atom is -0.466 e. The zero-order valence-electron chi connectivity index (χ0n) is 64.1. The maximum Gasteiger partial charge on any atom is 0.328 e. The predicted molar refractivity (Wildman–Crippen MR) is 420 cm³/mol. The number of aromatic nitrogens is 8. The number of ketones is 2. The first-order valence-corrected chi connectivity index (χ1v) is 44.6. The molecule has 4 heterocycles. The van der Waals surface area contributed by atoms with E-state index in [1.807, 2.05) is 36.0 Å². The van der Waals surface area contributed by atoms with Gasteiger partial charge in [0.15, 0.2) is 39.7 Å². The maximum absolute atomic E-state index is 13.8. The smallest absolute Gasteiger partial charge is 0.328 e. The molecule has 2 atom stereocenters. The second-order valence-electron chi connectivity index (χ2n) is 29.0. The van der Waals surface area contributed by atoms with E-state index in [9.17, 15) is 28.8 Å². The summed E-state index contributed by atoms with van der Waals surface area (Å²) in [5.41, 5.74) is 33.9. The van der Waals surface area contributed by atoms with Crippen molar-refractivity contribution in [3.8, 4) is 0 Å². The van der Waals surface area contributed by atoms with Crippen molar-refractivity contribution in [3.63, 3.8) is 0 Å². The van der Waals surface area contributed by atoms with Gasteiger partial charge in [-0.15, -0.1) is 0 Å². The highest BCUT2D eigenvalue weighted by atomic mass is 28.3. The van der Waals surface area contributed by atoms with Gasteiger partial charge in [-0.25, -0.2) is 24.7 Å². The first-order chi connectivity index (χ1) is 51.2. The number of carbonyl (C=O) groups is 6. The number of amides is 2. The highest BCUT2D eigenvalue weighted by Crippen LogP contribution is 2.25. The zero-order chi connectivity index (χ0) is 77.6. The number of nitrogens with zero attached hydrogens (tertiary/aromatic N) is 11. The van der Waals surface area contributed by atoms with Gasteiger partial charge < -0.3 is 87.2 Å². The number of rotatable bonds is 55. The minimum absolute atomic E-state index is 0.00883. The Bertz CT molecular complexity index is 3510. The van der Waals surface area contributed by atoms with Gasteiger partial charge >= 0.3 is 11.9 Å². The van der Waals surface area contributed by atoms with Crippen LogP contribution in [0.3, 0.4) is 0 Å². The fourth-order valence-corrected chi connectivity index (χ4v) is 12.5. The Balaban J connectivity index is 0.937. The number of benzene rings is 2. The average Bonchev–Trinajstić information content (AvgIpc) is 0.814. The van der Waals surface area contributed by atoms with Gasteiger partial charge in [0.05, 0.1) is 122 Å². The van der Waals surface area contributed by atoms with Crippen LogP contribution >= 0.6 is 0 Å². The molecular weight excluding hydrogens is 1410 g/mol. The highest BCUT2D eigenvalue weighted by molar-refractivity contribution is 6.76. The standard InChI is InChI=1S/C74H116N18O13Si2/c1-90(51-56-49-81-68-64(83-56)66(76)86-73(78)88-68)58-22-17-53(18-23-58)62(94)48-55(71(97)104-44-46-106(3,4)5)21-28-63(95)80-30-13-11-15-32-92(33-35-100-37-39-102-41-43-103-42-40-101-38-36-99-34-29-75)31-14-10-9-12-16-60(93)26-27-61(72(98)105-45-47-107(6,7)8)85-70(96)54-19-24-59(25-20-54)91(2)52-57-50-82-69-65(84-57)67(77)87-74(79)89-69/h17-20,22-25,49-50,55,61H,9-16,21,26-48,51-52,75H2,1-8H3,(H,80,95)(H,85,96)(H4,76,78,81,86,88)(H4,77,79,82,87,89)/t55-,61+/m1/s1. The molecule has 2 aromatic carbocycles. The number of carbonyl (C=O) groups excluding carboxylic acids is 6. The number of esters is 2. The summed E-state index contributed by atoms with van der Waals surface area (Å²) in [5, 5.41) is 5.89. The third-order valence-electron chi connectivity index (χ3n) is 17.4. The van der Waals surface area contributed by atoms with E-state index in [4.69, 9.17) is 61.8 Å². The van der Waals surface area contributed by atoms with Crippen LogP contribution in [0.15, 0.2) is 60.9 Å². The van der Waals surface area contributed by atoms with E-state index in [1.54, 1.807) is 48.8 Å². The van der Waals surface area contributed by atoms with E-state index in [-0.39, 0.29) is 86.3 Å². The maximum atomic E-state index is 13.8. The van der Waals surface area contributed by atoms with Gasteiger partial charge in [0.1, 0.15) is 11.8 Å². The molecule has 6 rings (SSSR count). The fraction of sp³-hybridized carbons (Fsp3) is 0.595. The predicted octanol–water partition coefficient (Wildman–Crippen LogP) is 7.22. The summed E-state index contributed by atoms with van der Waals surface area (Å²) >= 11 is 0. The molecule has 31 nitrogen and oxygen atoms in total. The van der Waals surface area contributed by atoms with E-state index >= 15 is 0 Å². The summed E-state index contributed by atoms with van der Waals surface area (Å²) in [6, 6.07) is 14.6. The second-order valence-corrected chi connectivity index (χ2v) is 40.2. The number of nitrogens with one attached hydrogen (secondary N) is 2. The Morgan fingerprint density at radius 3 is 1.47 bits per heavy atom. The number of anilines is 6. The Hall–Kier alpha value is -8.55. The summed E-state index contributed by atoms with van der Waals surface area (Å²) in [6.45, 7) is 22.4. The van der Waals surface area contributed by atoms with E-state index in [1.165, 1.54) is 0 Å². The molecule has 4 aromatic heterocycles. The van der Waals surface area contributed by atoms with E-state index in [2.05, 4.69) is 94.7 Å². The molecule has 0 bridgehead atoms. The summed E-state index contributed by atoms with van der Waals surface area (Å²) in [4.78, 5) is 122. The van der Waals surface area contributed by atoms with Crippen LogP contribution < -0.4 is 49.1 Å². The molecule has 588 valence electrons. The summed E-state index contributed by atoms with van der Waals surface area (Å²) < 4.78 is 39.6. The Morgan fingerprint density at radius 1 is 0.495 bits per heavy atom. The number of ether oxygens (including phenoxy) is 7. The van der Waals surface area contributed by atoms with Crippen LogP contribution in [0, 0.1) is 5.92 Å².